The Hall–Kier alpha value is -1.23. The van der Waals surface area contributed by atoms with Crippen LogP contribution in [-0.2, 0) is 9.59 Å². The van der Waals surface area contributed by atoms with Gasteiger partial charge in [-0.1, -0.05) is 12.2 Å². The summed E-state index contributed by atoms with van der Waals surface area (Å²) in [5, 5.41) is 5.53. The van der Waals surface area contributed by atoms with Crippen molar-refractivity contribution in [1.82, 2.24) is 10.6 Å². The SMILES string of the molecule is C=CC1/C=C/C(=O)NCCSCCC(=O)N1. The van der Waals surface area contributed by atoms with Gasteiger partial charge in [-0.2, -0.15) is 11.8 Å². The zero-order valence-corrected chi connectivity index (χ0v) is 9.89. The molecular weight excluding hydrogens is 224 g/mol. The van der Waals surface area contributed by atoms with Gasteiger partial charge < -0.3 is 10.6 Å². The summed E-state index contributed by atoms with van der Waals surface area (Å²) < 4.78 is 0. The van der Waals surface area contributed by atoms with E-state index in [9.17, 15) is 9.59 Å². The maximum absolute atomic E-state index is 11.4. The fourth-order valence-corrected chi connectivity index (χ4v) is 1.99. The average molecular weight is 240 g/mol. The summed E-state index contributed by atoms with van der Waals surface area (Å²) in [6.07, 6.45) is 5.16. The first-order valence-electron chi connectivity index (χ1n) is 5.18. The summed E-state index contributed by atoms with van der Waals surface area (Å²) in [5.74, 6) is 1.46. The lowest BCUT2D eigenvalue weighted by Gasteiger charge is -2.11. The third kappa shape index (κ3) is 5.02. The van der Waals surface area contributed by atoms with E-state index in [0.29, 0.717) is 13.0 Å². The van der Waals surface area contributed by atoms with E-state index >= 15 is 0 Å². The lowest BCUT2D eigenvalue weighted by molar-refractivity contribution is -0.121. The normalized spacial score (nSPS) is 25.6. The highest BCUT2D eigenvalue weighted by molar-refractivity contribution is 7.99. The Kier molecular flexibility index (Phi) is 5.71. The van der Waals surface area contributed by atoms with Crippen LogP contribution in [0.1, 0.15) is 6.42 Å². The first-order chi connectivity index (χ1) is 7.72. The zero-order valence-electron chi connectivity index (χ0n) is 9.07. The summed E-state index contributed by atoms with van der Waals surface area (Å²) in [6, 6.07) is -0.275. The standard InChI is InChI=1S/C11H16N2O2S/c1-2-9-3-4-10(14)12-6-8-16-7-5-11(15)13-9/h2-4,9H,1,5-8H2,(H,12,14)(H,13,15)/b4-3+. The lowest BCUT2D eigenvalue weighted by atomic mass is 10.2. The first-order valence-corrected chi connectivity index (χ1v) is 6.33. The van der Waals surface area contributed by atoms with Crippen molar-refractivity contribution in [2.75, 3.05) is 18.1 Å². The number of carbonyl (C=O) groups is 2. The van der Waals surface area contributed by atoms with E-state index in [1.807, 2.05) is 0 Å². The summed E-state index contributed by atoms with van der Waals surface area (Å²) in [7, 11) is 0. The number of nitrogens with one attached hydrogen (secondary N) is 2. The predicted molar refractivity (Wildman–Crippen MR) is 66.2 cm³/mol. The molecule has 2 N–H and O–H groups in total. The van der Waals surface area contributed by atoms with Gasteiger partial charge in [0.15, 0.2) is 0 Å². The van der Waals surface area contributed by atoms with Crippen molar-refractivity contribution in [2.45, 2.75) is 12.5 Å². The molecule has 1 rings (SSSR count). The van der Waals surface area contributed by atoms with Gasteiger partial charge in [0, 0.05) is 30.5 Å². The molecule has 0 aromatic rings. The lowest BCUT2D eigenvalue weighted by Crippen LogP contribution is -2.33. The van der Waals surface area contributed by atoms with Gasteiger partial charge in [-0.3, -0.25) is 9.59 Å². The highest BCUT2D eigenvalue weighted by atomic mass is 32.2. The topological polar surface area (TPSA) is 58.2 Å². The van der Waals surface area contributed by atoms with E-state index < -0.39 is 0 Å². The Balaban J connectivity index is 2.61. The molecule has 1 aliphatic rings. The molecule has 5 heteroatoms. The highest BCUT2D eigenvalue weighted by Crippen LogP contribution is 2.02. The molecule has 0 saturated heterocycles. The minimum Gasteiger partial charge on any atom is -0.352 e. The molecule has 0 radical (unpaired) electrons. The number of carbonyl (C=O) groups excluding carboxylic acids is 2. The molecular formula is C11H16N2O2S. The average Bonchev–Trinajstić information content (AvgIpc) is 2.27. The minimum atomic E-state index is -0.275. The predicted octanol–water partition coefficient (Wildman–Crippen LogP) is 0.466. The van der Waals surface area contributed by atoms with E-state index in [1.54, 1.807) is 23.9 Å². The summed E-state index contributed by atoms with van der Waals surface area (Å²) in [5.41, 5.74) is 0. The van der Waals surface area contributed by atoms with E-state index in [4.69, 9.17) is 0 Å². The number of hydrogen-bond donors (Lipinski definition) is 2. The Morgan fingerprint density at radius 1 is 1.44 bits per heavy atom. The van der Waals surface area contributed by atoms with Gasteiger partial charge in [-0.15, -0.1) is 6.58 Å². The van der Waals surface area contributed by atoms with Crippen LogP contribution >= 0.6 is 11.8 Å². The third-order valence-corrected chi connectivity index (χ3v) is 3.04. The Bertz CT molecular complexity index is 302. The van der Waals surface area contributed by atoms with Gasteiger partial charge in [-0.05, 0) is 0 Å². The van der Waals surface area contributed by atoms with Gasteiger partial charge >= 0.3 is 0 Å². The molecule has 0 spiro atoms. The molecule has 1 heterocycles. The van der Waals surface area contributed by atoms with Crippen LogP contribution in [0.3, 0.4) is 0 Å². The van der Waals surface area contributed by atoms with Crippen molar-refractivity contribution < 1.29 is 9.59 Å². The van der Waals surface area contributed by atoms with E-state index in [1.165, 1.54) is 6.08 Å². The maximum atomic E-state index is 11.4. The van der Waals surface area contributed by atoms with E-state index in [-0.39, 0.29) is 17.9 Å². The van der Waals surface area contributed by atoms with Crippen LogP contribution in [0.15, 0.2) is 24.8 Å². The van der Waals surface area contributed by atoms with Crippen molar-refractivity contribution in [3.63, 3.8) is 0 Å². The van der Waals surface area contributed by atoms with Crippen LogP contribution in [0.25, 0.3) is 0 Å². The molecule has 16 heavy (non-hydrogen) atoms. The van der Waals surface area contributed by atoms with Crippen LogP contribution in [0.4, 0.5) is 0 Å². The quantitative estimate of drug-likeness (QED) is 0.655. The van der Waals surface area contributed by atoms with Gasteiger partial charge in [-0.25, -0.2) is 0 Å². The second-order valence-electron chi connectivity index (χ2n) is 3.34. The summed E-state index contributed by atoms with van der Waals surface area (Å²) >= 11 is 1.66. The fourth-order valence-electron chi connectivity index (χ4n) is 1.21. The van der Waals surface area contributed by atoms with Crippen molar-refractivity contribution in [1.29, 1.82) is 0 Å². The molecule has 0 bridgehead atoms. The van der Waals surface area contributed by atoms with E-state index in [0.717, 1.165) is 11.5 Å². The maximum Gasteiger partial charge on any atom is 0.243 e. The molecule has 88 valence electrons. The molecule has 1 unspecified atom stereocenters. The van der Waals surface area contributed by atoms with Crippen LogP contribution in [0.5, 0.6) is 0 Å². The van der Waals surface area contributed by atoms with Crippen molar-refractivity contribution in [3.05, 3.63) is 24.8 Å². The van der Waals surface area contributed by atoms with Gasteiger partial charge in [0.25, 0.3) is 0 Å². The monoisotopic (exact) mass is 240 g/mol. The van der Waals surface area contributed by atoms with Crippen LogP contribution < -0.4 is 10.6 Å². The molecule has 0 aromatic carbocycles. The van der Waals surface area contributed by atoms with Crippen molar-refractivity contribution in [2.24, 2.45) is 0 Å². The third-order valence-electron chi connectivity index (χ3n) is 2.06. The van der Waals surface area contributed by atoms with Crippen molar-refractivity contribution in [3.8, 4) is 0 Å². The van der Waals surface area contributed by atoms with E-state index in [2.05, 4.69) is 17.2 Å². The molecule has 1 atom stereocenters. The smallest absolute Gasteiger partial charge is 0.243 e. The molecule has 0 aliphatic carbocycles. The second kappa shape index (κ2) is 7.11. The molecule has 1 aliphatic heterocycles. The van der Waals surface area contributed by atoms with Gasteiger partial charge in [0.2, 0.25) is 11.8 Å². The van der Waals surface area contributed by atoms with Crippen LogP contribution in [-0.4, -0.2) is 35.9 Å². The molecule has 0 aromatic heterocycles. The zero-order chi connectivity index (χ0) is 11.8. The summed E-state index contributed by atoms with van der Waals surface area (Å²) in [4.78, 5) is 22.7. The Labute approximate surface area is 99.5 Å². The second-order valence-corrected chi connectivity index (χ2v) is 4.57. The van der Waals surface area contributed by atoms with Crippen LogP contribution in [0.2, 0.25) is 0 Å². The first kappa shape index (κ1) is 12.8. The van der Waals surface area contributed by atoms with Crippen LogP contribution in [0, 0.1) is 0 Å². The largest absolute Gasteiger partial charge is 0.352 e. The van der Waals surface area contributed by atoms with Gasteiger partial charge in [0.05, 0.1) is 6.04 Å². The number of thioether (sulfide) groups is 1. The highest BCUT2D eigenvalue weighted by Gasteiger charge is 2.07. The Morgan fingerprint density at radius 2 is 2.25 bits per heavy atom. The Morgan fingerprint density at radius 3 is 3.00 bits per heavy atom. The number of rotatable bonds is 1. The number of hydrogen-bond acceptors (Lipinski definition) is 3. The number of amides is 2. The van der Waals surface area contributed by atoms with Crippen molar-refractivity contribution >= 4 is 23.6 Å². The molecule has 4 nitrogen and oxygen atoms in total. The minimum absolute atomic E-state index is 0.0111. The summed E-state index contributed by atoms with van der Waals surface area (Å²) in [6.45, 7) is 4.24. The fraction of sp³-hybridized carbons (Fsp3) is 0.455. The molecule has 2 amide bonds. The molecule has 0 fully saturated rings. The van der Waals surface area contributed by atoms with Gasteiger partial charge in [0.1, 0.15) is 0 Å². The molecule has 0 saturated carbocycles.